The van der Waals surface area contributed by atoms with Gasteiger partial charge < -0.3 is 0 Å². The van der Waals surface area contributed by atoms with Crippen LogP contribution >= 0.6 is 0 Å². The zero-order valence-electron chi connectivity index (χ0n) is 7.28. The fourth-order valence-corrected chi connectivity index (χ4v) is 4.34. The van der Waals surface area contributed by atoms with Crippen molar-refractivity contribution < 1.29 is 5.11 Å². The predicted molar refractivity (Wildman–Crippen MR) is 45.8 cm³/mol. The molecule has 0 rings (SSSR count). The van der Waals surface area contributed by atoms with Gasteiger partial charge in [0.25, 0.3) is 0 Å². The second kappa shape index (κ2) is 5.48. The van der Waals surface area contributed by atoms with Crippen LogP contribution in [0, 0.1) is 5.41 Å². The molecule has 0 aromatic heterocycles. The van der Waals surface area contributed by atoms with Gasteiger partial charge in [-0.15, -0.1) is 0 Å². The number of hydrogen-bond donors (Lipinski definition) is 1. The third-order valence-corrected chi connectivity index (χ3v) is 4.26. The molecule has 1 N–H and O–H groups in total. The molecule has 4 nitrogen and oxygen atoms in total. The van der Waals surface area contributed by atoms with Crippen molar-refractivity contribution in [2.24, 2.45) is 10.5 Å². The maximum absolute atomic E-state index is 9.48. The second-order valence-electron chi connectivity index (χ2n) is 3.30. The van der Waals surface area contributed by atoms with Gasteiger partial charge in [-0.25, -0.2) is 0 Å². The minimum atomic E-state index is -0.297. The second-order valence-corrected chi connectivity index (χ2v) is 5.87. The monoisotopic (exact) mass is 281 g/mol. The first-order valence-electron chi connectivity index (χ1n) is 3.73. The van der Waals surface area contributed by atoms with Crippen LogP contribution in [0.25, 0.3) is 10.4 Å². The van der Waals surface area contributed by atoms with Crippen LogP contribution < -0.4 is 0 Å². The Morgan fingerprint density at radius 3 is 2.64 bits per heavy atom. The summed E-state index contributed by atoms with van der Waals surface area (Å²) >= 11 is 0.421. The molecule has 0 bridgehead atoms. The van der Waals surface area contributed by atoms with Crippen LogP contribution in [0.15, 0.2) is 5.11 Å². The van der Waals surface area contributed by atoms with Crippen LogP contribution in [0.3, 0.4) is 0 Å². The van der Waals surface area contributed by atoms with E-state index in [1.165, 1.54) is 0 Å². The first kappa shape index (κ1) is 11.8. The Kier molecular flexibility index (Phi) is 5.90. The fraction of sp³-hybridized carbons (Fsp3) is 1.00. The molecule has 0 radical (unpaired) electrons. The summed E-state index contributed by atoms with van der Waals surface area (Å²) in [6.07, 6.45) is -0.297. The average Bonchev–Trinajstić information content (AvgIpc) is 1.99. The van der Waals surface area contributed by atoms with Crippen molar-refractivity contribution in [3.8, 4) is 0 Å². The van der Waals surface area contributed by atoms with Crippen LogP contribution in [-0.4, -0.2) is 64.3 Å². The van der Waals surface area contributed by atoms with E-state index in [0.29, 0.717) is 53.1 Å². The van der Waals surface area contributed by atoms with E-state index in [4.69, 9.17) is 5.53 Å². The molecule has 0 saturated carbocycles. The molecule has 1 atom stereocenters. The SMILES string of the molecule is CC(C)(CN=[N+]=[N-])C(O)[CH2][BaH]. The van der Waals surface area contributed by atoms with Crippen LogP contribution in [-0.2, 0) is 0 Å². The zero-order chi connectivity index (χ0) is 8.91. The van der Waals surface area contributed by atoms with Crippen molar-refractivity contribution in [3.05, 3.63) is 10.4 Å². The van der Waals surface area contributed by atoms with Gasteiger partial charge in [0.2, 0.25) is 0 Å². The summed E-state index contributed by atoms with van der Waals surface area (Å²) in [5.41, 5.74) is 7.83. The Balaban J connectivity index is 4.07. The maximum atomic E-state index is 9.48. The molecular weight excluding hydrogens is 267 g/mol. The summed E-state index contributed by atoms with van der Waals surface area (Å²) in [5, 5.41) is 12.9. The molecule has 0 fully saturated rings. The van der Waals surface area contributed by atoms with Crippen molar-refractivity contribution in [1.82, 2.24) is 0 Å². The summed E-state index contributed by atoms with van der Waals surface area (Å²) in [6.45, 7) is 4.22. The Morgan fingerprint density at radius 2 is 2.27 bits per heavy atom. The number of aliphatic hydroxyl groups is 1. The quantitative estimate of drug-likeness (QED) is 0.355. The molecule has 0 aliphatic carbocycles. The van der Waals surface area contributed by atoms with Crippen molar-refractivity contribution >= 4 is 46.5 Å². The van der Waals surface area contributed by atoms with E-state index in [-0.39, 0.29) is 11.5 Å². The van der Waals surface area contributed by atoms with E-state index in [2.05, 4.69) is 10.0 Å². The molecule has 0 heterocycles. The average molecular weight is 281 g/mol. The van der Waals surface area contributed by atoms with E-state index < -0.39 is 0 Å². The molecule has 0 spiro atoms. The van der Waals surface area contributed by atoms with Gasteiger partial charge in [-0.05, 0) is 0 Å². The number of aliphatic hydroxyl groups excluding tert-OH is 1. The van der Waals surface area contributed by atoms with Gasteiger partial charge in [0.15, 0.2) is 0 Å². The minimum absolute atomic E-state index is 0.249. The Bertz CT molecular complexity index is 165. The van der Waals surface area contributed by atoms with Gasteiger partial charge >= 0.3 is 100.0 Å². The van der Waals surface area contributed by atoms with Gasteiger partial charge in [-0.2, -0.15) is 0 Å². The number of nitrogens with zero attached hydrogens (tertiary/aromatic N) is 3. The van der Waals surface area contributed by atoms with E-state index in [0.717, 1.165) is 0.889 Å². The summed E-state index contributed by atoms with van der Waals surface area (Å²) < 4.78 is 0.911. The molecule has 11 heavy (non-hydrogen) atoms. The molecule has 0 saturated heterocycles. The van der Waals surface area contributed by atoms with Crippen LogP contribution in [0.2, 0.25) is 0.889 Å². The summed E-state index contributed by atoms with van der Waals surface area (Å²) in [4.78, 5) is 2.67. The molecule has 60 valence electrons. The van der Waals surface area contributed by atoms with Gasteiger partial charge in [-0.3, -0.25) is 0 Å². The van der Waals surface area contributed by atoms with Crippen molar-refractivity contribution in [3.63, 3.8) is 0 Å². The van der Waals surface area contributed by atoms with Gasteiger partial charge in [0, 0.05) is 0 Å². The first-order chi connectivity index (χ1) is 5.04. The van der Waals surface area contributed by atoms with Crippen LogP contribution in [0.1, 0.15) is 13.8 Å². The van der Waals surface area contributed by atoms with Gasteiger partial charge in [-0.1, -0.05) is 0 Å². The molecule has 0 aliphatic rings. The zero-order valence-corrected chi connectivity index (χ0v) is 13.6. The predicted octanol–water partition coefficient (Wildman–Crippen LogP) is 1.00. The molecule has 0 aromatic rings. The van der Waals surface area contributed by atoms with E-state index >= 15 is 0 Å². The Morgan fingerprint density at radius 1 is 1.73 bits per heavy atom. The van der Waals surface area contributed by atoms with Crippen molar-refractivity contribution in [1.29, 1.82) is 0 Å². The number of azide groups is 1. The summed E-state index contributed by atoms with van der Waals surface area (Å²) in [6, 6.07) is 0. The van der Waals surface area contributed by atoms with Crippen molar-refractivity contribution in [2.75, 3.05) is 6.54 Å². The van der Waals surface area contributed by atoms with E-state index in [9.17, 15) is 5.11 Å². The molecule has 5 heteroatoms. The van der Waals surface area contributed by atoms with E-state index in [1.807, 2.05) is 13.8 Å². The van der Waals surface area contributed by atoms with E-state index in [1.54, 1.807) is 0 Å². The molecule has 1 unspecified atom stereocenters. The van der Waals surface area contributed by atoms with Gasteiger partial charge in [0.05, 0.1) is 0 Å². The first-order valence-corrected chi connectivity index (χ1v) is 8.17. The topological polar surface area (TPSA) is 69.0 Å². The third kappa shape index (κ3) is 4.42. The molecule has 0 amide bonds. The summed E-state index contributed by atoms with van der Waals surface area (Å²) in [5.74, 6) is 0. The molecule has 0 aromatic carbocycles. The number of rotatable bonds is 4. The van der Waals surface area contributed by atoms with Crippen LogP contribution in [0.5, 0.6) is 0 Å². The molecular formula is C6H13BaN3O. The van der Waals surface area contributed by atoms with Crippen molar-refractivity contribution in [2.45, 2.75) is 20.8 Å². The van der Waals surface area contributed by atoms with Crippen LogP contribution in [0.4, 0.5) is 0 Å². The third-order valence-electron chi connectivity index (χ3n) is 1.83. The van der Waals surface area contributed by atoms with Gasteiger partial charge in [0.1, 0.15) is 0 Å². The number of hydrogen-bond acceptors (Lipinski definition) is 2. The normalized spacial score (nSPS) is 13.6. The fourth-order valence-electron chi connectivity index (χ4n) is 0.872. The summed E-state index contributed by atoms with van der Waals surface area (Å²) in [7, 11) is 0. The Hall–Kier alpha value is 0.841. The Labute approximate surface area is 98.7 Å². The molecule has 0 aliphatic heterocycles. The standard InChI is InChI=1S/C6H12N3O.Ba.H/c1-5(10)6(2,3)4-8-9-7;;/h5,10H,1,4H2,2-3H3;;.